The van der Waals surface area contributed by atoms with Crippen LogP contribution in [-0.4, -0.2) is 18.4 Å². The van der Waals surface area contributed by atoms with E-state index in [0.29, 0.717) is 24.5 Å². The molecule has 0 aromatic heterocycles. The summed E-state index contributed by atoms with van der Waals surface area (Å²) in [5.41, 5.74) is -1.57. The SMILES string of the molecule is CC/C(=C\C=C/CC1(C(=O)NCc2cc(F)cc(C(F)(F)F)c2)CCC(=O)C1)CF. The molecule has 1 amide bonds. The molecule has 1 saturated carbocycles. The fourth-order valence-electron chi connectivity index (χ4n) is 3.43. The third-order valence-corrected chi connectivity index (χ3v) is 5.24. The Labute approximate surface area is 172 Å². The van der Waals surface area contributed by atoms with Gasteiger partial charge in [0, 0.05) is 19.4 Å². The Hall–Kier alpha value is -2.51. The van der Waals surface area contributed by atoms with Crippen molar-refractivity contribution in [2.45, 2.75) is 51.7 Å². The first kappa shape index (κ1) is 23.8. The van der Waals surface area contributed by atoms with Crippen LogP contribution in [0.3, 0.4) is 0 Å². The molecular formula is C22H24F5NO2. The summed E-state index contributed by atoms with van der Waals surface area (Å²) in [4.78, 5) is 24.6. The lowest BCUT2D eigenvalue weighted by molar-refractivity contribution is -0.137. The van der Waals surface area contributed by atoms with Crippen LogP contribution in [0.5, 0.6) is 0 Å². The summed E-state index contributed by atoms with van der Waals surface area (Å²) in [6, 6.07) is 2.10. The second kappa shape index (κ2) is 10.00. The number of ketones is 1. The third kappa shape index (κ3) is 6.24. The van der Waals surface area contributed by atoms with Crippen molar-refractivity contribution in [1.82, 2.24) is 5.32 Å². The highest BCUT2D eigenvalue weighted by Crippen LogP contribution is 2.40. The monoisotopic (exact) mass is 429 g/mol. The molecule has 1 fully saturated rings. The summed E-state index contributed by atoms with van der Waals surface area (Å²) in [5, 5.41) is 2.55. The Morgan fingerprint density at radius 1 is 1.27 bits per heavy atom. The number of benzene rings is 1. The highest BCUT2D eigenvalue weighted by atomic mass is 19.4. The number of rotatable bonds is 8. The van der Waals surface area contributed by atoms with Gasteiger partial charge in [-0.2, -0.15) is 13.2 Å². The highest BCUT2D eigenvalue weighted by Gasteiger charge is 2.43. The lowest BCUT2D eigenvalue weighted by Crippen LogP contribution is -2.39. The summed E-state index contributed by atoms with van der Waals surface area (Å²) < 4.78 is 64.8. The molecule has 0 bridgehead atoms. The fourth-order valence-corrected chi connectivity index (χ4v) is 3.43. The number of amides is 1. The number of alkyl halides is 4. The molecule has 1 atom stereocenters. The van der Waals surface area contributed by atoms with Crippen molar-refractivity contribution in [3.05, 3.63) is 58.9 Å². The largest absolute Gasteiger partial charge is 0.416 e. The van der Waals surface area contributed by atoms with Gasteiger partial charge >= 0.3 is 6.18 Å². The summed E-state index contributed by atoms with van der Waals surface area (Å²) in [6.45, 7) is 0.958. The molecule has 1 N–H and O–H groups in total. The Bertz CT molecular complexity index is 838. The maximum atomic E-state index is 13.5. The molecule has 1 aromatic carbocycles. The number of carbonyl (C=O) groups excluding carboxylic acids is 2. The average molecular weight is 429 g/mol. The number of nitrogens with one attached hydrogen (secondary N) is 1. The molecule has 1 aliphatic carbocycles. The highest BCUT2D eigenvalue weighted by molar-refractivity contribution is 5.93. The van der Waals surface area contributed by atoms with Crippen LogP contribution >= 0.6 is 0 Å². The van der Waals surface area contributed by atoms with Crippen molar-refractivity contribution in [3.8, 4) is 0 Å². The Morgan fingerprint density at radius 3 is 2.57 bits per heavy atom. The number of allylic oxidation sites excluding steroid dienone is 4. The maximum absolute atomic E-state index is 13.5. The summed E-state index contributed by atoms with van der Waals surface area (Å²) in [7, 11) is 0. The summed E-state index contributed by atoms with van der Waals surface area (Å²) in [6.07, 6.45) is 1.61. The molecule has 0 aliphatic heterocycles. The quantitative estimate of drug-likeness (QED) is 0.441. The third-order valence-electron chi connectivity index (χ3n) is 5.24. The minimum Gasteiger partial charge on any atom is -0.352 e. The smallest absolute Gasteiger partial charge is 0.352 e. The van der Waals surface area contributed by atoms with Crippen molar-refractivity contribution < 1.29 is 31.5 Å². The van der Waals surface area contributed by atoms with E-state index < -0.39 is 35.6 Å². The summed E-state index contributed by atoms with van der Waals surface area (Å²) in [5.74, 6) is -1.59. The zero-order valence-electron chi connectivity index (χ0n) is 16.6. The molecule has 8 heteroatoms. The Balaban J connectivity index is 2.11. The molecule has 30 heavy (non-hydrogen) atoms. The van der Waals surface area contributed by atoms with Gasteiger partial charge in [-0.05, 0) is 48.6 Å². The molecule has 164 valence electrons. The minimum absolute atomic E-state index is 0.0214. The minimum atomic E-state index is -4.70. The molecule has 2 rings (SSSR count). The van der Waals surface area contributed by atoms with E-state index in [0.717, 1.165) is 12.1 Å². The van der Waals surface area contributed by atoms with Crippen LogP contribution in [0.4, 0.5) is 22.0 Å². The maximum Gasteiger partial charge on any atom is 0.416 e. The normalized spacial score (nSPS) is 20.2. The molecular weight excluding hydrogens is 405 g/mol. The van der Waals surface area contributed by atoms with Gasteiger partial charge in [0.25, 0.3) is 0 Å². The van der Waals surface area contributed by atoms with Crippen LogP contribution in [0.1, 0.15) is 50.2 Å². The number of carbonyl (C=O) groups is 2. The van der Waals surface area contributed by atoms with E-state index in [9.17, 15) is 31.5 Å². The molecule has 3 nitrogen and oxygen atoms in total. The van der Waals surface area contributed by atoms with Crippen LogP contribution in [0, 0.1) is 11.2 Å². The topological polar surface area (TPSA) is 46.2 Å². The molecule has 1 aliphatic rings. The van der Waals surface area contributed by atoms with Gasteiger partial charge in [-0.25, -0.2) is 8.78 Å². The van der Waals surface area contributed by atoms with Crippen molar-refractivity contribution in [1.29, 1.82) is 0 Å². The van der Waals surface area contributed by atoms with Crippen LogP contribution < -0.4 is 5.32 Å². The first-order valence-electron chi connectivity index (χ1n) is 9.67. The number of hydrogen-bond donors (Lipinski definition) is 1. The average Bonchev–Trinajstić information content (AvgIpc) is 3.07. The van der Waals surface area contributed by atoms with E-state index in [-0.39, 0.29) is 37.2 Å². The number of hydrogen-bond acceptors (Lipinski definition) is 2. The van der Waals surface area contributed by atoms with Crippen LogP contribution in [0.15, 0.2) is 42.0 Å². The Morgan fingerprint density at radius 2 is 2.00 bits per heavy atom. The van der Waals surface area contributed by atoms with Gasteiger partial charge in [-0.3, -0.25) is 9.59 Å². The Kier molecular flexibility index (Phi) is 7.92. The van der Waals surface area contributed by atoms with Gasteiger partial charge in [-0.15, -0.1) is 0 Å². The lowest BCUT2D eigenvalue weighted by Gasteiger charge is -2.25. The first-order chi connectivity index (χ1) is 14.1. The standard InChI is InChI=1S/C22H24F5NO2/c1-2-15(13-23)5-3-4-7-21(8-6-19(29)12-21)20(30)28-14-16-9-17(22(25,26)27)11-18(24)10-16/h3-5,9-11H,2,6-8,12-14H2,1H3,(H,28,30)/b4-3-,15-5+. The van der Waals surface area contributed by atoms with Gasteiger partial charge in [0.1, 0.15) is 18.3 Å². The van der Waals surface area contributed by atoms with Crippen molar-refractivity contribution in [2.24, 2.45) is 5.41 Å². The van der Waals surface area contributed by atoms with E-state index in [4.69, 9.17) is 0 Å². The molecule has 0 radical (unpaired) electrons. The predicted octanol–water partition coefficient (Wildman–Crippen LogP) is 5.45. The first-order valence-corrected chi connectivity index (χ1v) is 9.67. The second-order valence-electron chi connectivity index (χ2n) is 7.47. The number of halogens is 5. The van der Waals surface area contributed by atoms with Gasteiger partial charge in [-0.1, -0.05) is 25.2 Å². The lowest BCUT2D eigenvalue weighted by atomic mass is 9.81. The molecule has 0 saturated heterocycles. The van der Waals surface area contributed by atoms with Gasteiger partial charge in [0.05, 0.1) is 11.0 Å². The van der Waals surface area contributed by atoms with E-state index >= 15 is 0 Å². The van der Waals surface area contributed by atoms with Crippen molar-refractivity contribution in [2.75, 3.05) is 6.67 Å². The summed E-state index contributed by atoms with van der Waals surface area (Å²) >= 11 is 0. The molecule has 0 spiro atoms. The van der Waals surface area contributed by atoms with E-state index in [1.807, 2.05) is 6.92 Å². The zero-order valence-corrected chi connectivity index (χ0v) is 16.6. The van der Waals surface area contributed by atoms with Crippen molar-refractivity contribution >= 4 is 11.7 Å². The van der Waals surface area contributed by atoms with Crippen LogP contribution in [-0.2, 0) is 22.3 Å². The molecule has 0 heterocycles. The molecule has 1 unspecified atom stereocenters. The van der Waals surface area contributed by atoms with E-state index in [2.05, 4.69) is 5.32 Å². The second-order valence-corrected chi connectivity index (χ2v) is 7.47. The van der Waals surface area contributed by atoms with Gasteiger partial charge in [0.15, 0.2) is 0 Å². The van der Waals surface area contributed by atoms with E-state index in [1.165, 1.54) is 0 Å². The predicted molar refractivity (Wildman–Crippen MR) is 103 cm³/mol. The van der Waals surface area contributed by atoms with Gasteiger partial charge < -0.3 is 5.32 Å². The zero-order chi connectivity index (χ0) is 22.4. The van der Waals surface area contributed by atoms with Crippen LogP contribution in [0.25, 0.3) is 0 Å². The van der Waals surface area contributed by atoms with Gasteiger partial charge in [0.2, 0.25) is 5.91 Å². The number of Topliss-reactive ketones (excluding diaryl/α,β-unsaturated/α-hetero) is 1. The van der Waals surface area contributed by atoms with E-state index in [1.54, 1.807) is 18.2 Å². The van der Waals surface area contributed by atoms with Crippen molar-refractivity contribution in [3.63, 3.8) is 0 Å². The fraction of sp³-hybridized carbons (Fsp3) is 0.455. The molecule has 1 aromatic rings. The van der Waals surface area contributed by atoms with Crippen LogP contribution in [0.2, 0.25) is 0 Å².